The Morgan fingerprint density at radius 2 is 2.00 bits per heavy atom. The molecule has 1 fully saturated rings. The Balaban J connectivity index is 1.74. The number of nitrogens with one attached hydrogen (secondary N) is 1. The molecule has 142 valence electrons. The largest absolute Gasteiger partial charge is 0.449 e. The van der Waals surface area contributed by atoms with Crippen molar-refractivity contribution in [3.05, 3.63) is 57.8 Å². The lowest BCUT2D eigenvalue weighted by Gasteiger charge is -2.17. The third-order valence-corrected chi connectivity index (χ3v) is 5.62. The molecule has 0 aliphatic heterocycles. The van der Waals surface area contributed by atoms with Gasteiger partial charge in [-0.2, -0.15) is 0 Å². The molecule has 1 N–H and O–H groups in total. The van der Waals surface area contributed by atoms with E-state index in [2.05, 4.69) is 5.32 Å². The van der Waals surface area contributed by atoms with Gasteiger partial charge in [-0.3, -0.25) is 4.79 Å². The summed E-state index contributed by atoms with van der Waals surface area (Å²) in [7, 11) is 0. The first-order valence-electron chi connectivity index (χ1n) is 9.36. The monoisotopic (exact) mass is 383 g/mol. The van der Waals surface area contributed by atoms with E-state index in [4.69, 9.17) is 4.74 Å². The van der Waals surface area contributed by atoms with E-state index in [1.165, 1.54) is 11.3 Å². The number of carbonyl (C=O) groups excluding carboxylic acids is 2. The first kappa shape index (κ1) is 19.4. The normalized spacial score (nSPS) is 16.1. The molecule has 1 aliphatic carbocycles. The van der Waals surface area contributed by atoms with E-state index in [0.29, 0.717) is 5.57 Å². The fourth-order valence-corrected chi connectivity index (χ4v) is 3.99. The summed E-state index contributed by atoms with van der Waals surface area (Å²) < 4.78 is 5.50. The van der Waals surface area contributed by atoms with Crippen LogP contribution in [0.5, 0.6) is 0 Å². The van der Waals surface area contributed by atoms with Crippen LogP contribution in [0.1, 0.15) is 48.6 Å². The summed E-state index contributed by atoms with van der Waals surface area (Å²) in [5.41, 5.74) is 2.52. The van der Waals surface area contributed by atoms with Crippen LogP contribution in [0.4, 0.5) is 0 Å². The SMILES string of the molecule is Cc1cccc(/C=C(/C(=O)O[C@H](C)C(=O)NC2CCCC2)c2cccs2)c1. The average Bonchev–Trinajstić information content (AvgIpc) is 3.33. The van der Waals surface area contributed by atoms with Gasteiger partial charge < -0.3 is 10.1 Å². The Kier molecular flexibility index (Phi) is 6.45. The van der Waals surface area contributed by atoms with Crippen LogP contribution in [0.25, 0.3) is 11.6 Å². The number of amides is 1. The molecular weight excluding hydrogens is 358 g/mol. The minimum absolute atomic E-state index is 0.207. The van der Waals surface area contributed by atoms with Crippen LogP contribution in [-0.2, 0) is 14.3 Å². The highest BCUT2D eigenvalue weighted by molar-refractivity contribution is 7.11. The molecule has 0 unspecified atom stereocenters. The van der Waals surface area contributed by atoms with Gasteiger partial charge >= 0.3 is 5.97 Å². The number of hydrogen-bond acceptors (Lipinski definition) is 4. The van der Waals surface area contributed by atoms with Crippen LogP contribution in [-0.4, -0.2) is 24.0 Å². The van der Waals surface area contributed by atoms with Gasteiger partial charge in [0.25, 0.3) is 5.91 Å². The maximum Gasteiger partial charge on any atom is 0.340 e. The van der Waals surface area contributed by atoms with Crippen LogP contribution in [0.3, 0.4) is 0 Å². The van der Waals surface area contributed by atoms with Crippen molar-refractivity contribution < 1.29 is 14.3 Å². The summed E-state index contributed by atoms with van der Waals surface area (Å²) in [4.78, 5) is 26.0. The summed E-state index contributed by atoms with van der Waals surface area (Å²) in [5.74, 6) is -0.704. The van der Waals surface area contributed by atoms with Crippen molar-refractivity contribution in [2.45, 2.75) is 51.7 Å². The Morgan fingerprint density at radius 3 is 2.67 bits per heavy atom. The molecule has 4 nitrogen and oxygen atoms in total. The number of ether oxygens (including phenoxy) is 1. The molecule has 0 spiro atoms. The van der Waals surface area contributed by atoms with Crippen LogP contribution < -0.4 is 5.32 Å². The summed E-state index contributed by atoms with van der Waals surface area (Å²) in [6.45, 7) is 3.64. The van der Waals surface area contributed by atoms with E-state index in [0.717, 1.165) is 41.7 Å². The molecule has 0 saturated heterocycles. The zero-order chi connectivity index (χ0) is 19.2. The van der Waals surface area contributed by atoms with Crippen LogP contribution >= 0.6 is 11.3 Å². The highest BCUT2D eigenvalue weighted by atomic mass is 32.1. The Hall–Kier alpha value is -2.40. The summed E-state index contributed by atoms with van der Waals surface area (Å²) in [6.07, 6.45) is 5.28. The maximum absolute atomic E-state index is 12.8. The molecule has 3 rings (SSSR count). The minimum atomic E-state index is -0.820. The number of thiophene rings is 1. The Labute approximate surface area is 164 Å². The van der Waals surface area contributed by atoms with Gasteiger partial charge in [0, 0.05) is 10.9 Å². The second-order valence-electron chi connectivity index (χ2n) is 6.99. The quantitative estimate of drug-likeness (QED) is 0.586. The van der Waals surface area contributed by atoms with Crippen molar-refractivity contribution in [2.75, 3.05) is 0 Å². The Bertz CT molecular complexity index is 820. The summed E-state index contributed by atoms with van der Waals surface area (Å²) in [5, 5.41) is 4.90. The number of hydrogen-bond donors (Lipinski definition) is 1. The first-order valence-corrected chi connectivity index (χ1v) is 10.2. The molecular formula is C22H25NO3S. The first-order chi connectivity index (χ1) is 13.0. The third-order valence-electron chi connectivity index (χ3n) is 4.71. The molecule has 1 atom stereocenters. The summed E-state index contributed by atoms with van der Waals surface area (Å²) >= 11 is 1.47. The zero-order valence-corrected chi connectivity index (χ0v) is 16.6. The van der Waals surface area contributed by atoms with Gasteiger partial charge in [0.2, 0.25) is 0 Å². The van der Waals surface area contributed by atoms with Gasteiger partial charge in [-0.25, -0.2) is 4.79 Å². The molecule has 1 aromatic heterocycles. The van der Waals surface area contributed by atoms with Crippen molar-refractivity contribution >= 4 is 34.9 Å². The van der Waals surface area contributed by atoms with E-state index < -0.39 is 12.1 Å². The maximum atomic E-state index is 12.8. The van der Waals surface area contributed by atoms with E-state index in [1.54, 1.807) is 6.92 Å². The molecule has 1 saturated carbocycles. The Morgan fingerprint density at radius 1 is 1.22 bits per heavy atom. The molecule has 1 aliphatic rings. The third kappa shape index (κ3) is 5.30. The number of rotatable bonds is 6. The number of benzene rings is 1. The van der Waals surface area contributed by atoms with Crippen molar-refractivity contribution in [2.24, 2.45) is 0 Å². The highest BCUT2D eigenvalue weighted by Crippen LogP contribution is 2.25. The van der Waals surface area contributed by atoms with Gasteiger partial charge in [-0.05, 0) is 49.8 Å². The van der Waals surface area contributed by atoms with Crippen molar-refractivity contribution in [3.63, 3.8) is 0 Å². The van der Waals surface area contributed by atoms with Gasteiger partial charge in [-0.15, -0.1) is 11.3 Å². The molecule has 1 heterocycles. The molecule has 1 amide bonds. The zero-order valence-electron chi connectivity index (χ0n) is 15.7. The molecule has 1 aromatic carbocycles. The second-order valence-corrected chi connectivity index (χ2v) is 7.93. The van der Waals surface area contributed by atoms with Gasteiger partial charge in [0.05, 0.1) is 5.57 Å². The minimum Gasteiger partial charge on any atom is -0.449 e. The van der Waals surface area contributed by atoms with Crippen LogP contribution in [0.15, 0.2) is 41.8 Å². The predicted octanol–water partition coefficient (Wildman–Crippen LogP) is 4.59. The van der Waals surface area contributed by atoms with E-state index in [1.807, 2.05) is 54.8 Å². The topological polar surface area (TPSA) is 55.4 Å². The van der Waals surface area contributed by atoms with Crippen molar-refractivity contribution in [1.29, 1.82) is 0 Å². The number of esters is 1. The fourth-order valence-electron chi connectivity index (χ4n) is 3.26. The van der Waals surface area contributed by atoms with Gasteiger partial charge in [-0.1, -0.05) is 48.7 Å². The smallest absolute Gasteiger partial charge is 0.340 e. The molecule has 5 heteroatoms. The number of aryl methyl sites for hydroxylation is 1. The highest BCUT2D eigenvalue weighted by Gasteiger charge is 2.25. The molecule has 0 bridgehead atoms. The lowest BCUT2D eigenvalue weighted by molar-refractivity contribution is -0.149. The molecule has 2 aromatic rings. The van der Waals surface area contributed by atoms with Gasteiger partial charge in [0.15, 0.2) is 6.10 Å². The van der Waals surface area contributed by atoms with Crippen molar-refractivity contribution in [3.8, 4) is 0 Å². The molecule has 27 heavy (non-hydrogen) atoms. The second kappa shape index (κ2) is 9.00. The van der Waals surface area contributed by atoms with Crippen LogP contribution in [0.2, 0.25) is 0 Å². The fraction of sp³-hybridized carbons (Fsp3) is 0.364. The lowest BCUT2D eigenvalue weighted by Crippen LogP contribution is -2.40. The van der Waals surface area contributed by atoms with E-state index in [-0.39, 0.29) is 11.9 Å². The lowest BCUT2D eigenvalue weighted by atomic mass is 10.1. The summed E-state index contributed by atoms with van der Waals surface area (Å²) in [6, 6.07) is 11.9. The number of carbonyl (C=O) groups is 2. The standard InChI is InChI=1S/C22H25NO3S/c1-15-7-5-8-17(13-15)14-19(20-11-6-12-27-20)22(25)26-16(2)21(24)23-18-9-3-4-10-18/h5-8,11-14,16,18H,3-4,9-10H2,1-2H3,(H,23,24)/b19-14+/t16-/m1/s1. The average molecular weight is 384 g/mol. The molecule has 0 radical (unpaired) electrons. The van der Waals surface area contributed by atoms with E-state index >= 15 is 0 Å². The van der Waals surface area contributed by atoms with Crippen LogP contribution in [0, 0.1) is 6.92 Å². The van der Waals surface area contributed by atoms with Gasteiger partial charge in [0.1, 0.15) is 0 Å². The van der Waals surface area contributed by atoms with Crippen molar-refractivity contribution in [1.82, 2.24) is 5.32 Å². The predicted molar refractivity (Wildman–Crippen MR) is 109 cm³/mol. The van der Waals surface area contributed by atoms with E-state index in [9.17, 15) is 9.59 Å².